The number of amides is 1. The van der Waals surface area contributed by atoms with E-state index in [4.69, 9.17) is 11.6 Å². The molecule has 1 amide bonds. The van der Waals surface area contributed by atoms with Gasteiger partial charge in [0.2, 0.25) is 0 Å². The van der Waals surface area contributed by atoms with Gasteiger partial charge in [0.1, 0.15) is 17.3 Å². The number of H-pyrrole nitrogens is 1. The first kappa shape index (κ1) is 32.2. The summed E-state index contributed by atoms with van der Waals surface area (Å²) in [5.41, 5.74) is -0.780. The molecule has 0 saturated heterocycles. The van der Waals surface area contributed by atoms with Gasteiger partial charge in [-0.3, -0.25) is 4.72 Å². The van der Waals surface area contributed by atoms with Crippen molar-refractivity contribution in [1.29, 1.82) is 0 Å². The predicted molar refractivity (Wildman–Crippen MR) is 158 cm³/mol. The first-order chi connectivity index (χ1) is 21.2. The minimum Gasteiger partial charge on any atom is -0.453 e. The van der Waals surface area contributed by atoms with Crippen LogP contribution in [0.3, 0.4) is 0 Å². The van der Waals surface area contributed by atoms with Crippen LogP contribution in [-0.4, -0.2) is 47.6 Å². The van der Waals surface area contributed by atoms with Crippen molar-refractivity contribution < 1.29 is 35.5 Å². The van der Waals surface area contributed by atoms with E-state index in [1.807, 2.05) is 0 Å². The number of nitrogens with one attached hydrogen (secondary N) is 3. The third kappa shape index (κ3) is 7.53. The van der Waals surface area contributed by atoms with Gasteiger partial charge in [0.05, 0.1) is 34.6 Å². The number of halogens is 5. The lowest BCUT2D eigenvalue weighted by molar-refractivity contribution is -0.137. The normalized spacial score (nSPS) is 14.2. The van der Waals surface area contributed by atoms with E-state index >= 15 is 4.39 Å². The molecule has 10 nitrogen and oxygen atoms in total. The Bertz CT molecular complexity index is 1830. The van der Waals surface area contributed by atoms with Crippen LogP contribution in [0.25, 0.3) is 22.6 Å². The van der Waals surface area contributed by atoms with E-state index in [1.165, 1.54) is 19.4 Å². The van der Waals surface area contributed by atoms with E-state index in [9.17, 15) is 26.4 Å². The Hall–Kier alpha value is -4.24. The van der Waals surface area contributed by atoms with Crippen molar-refractivity contribution >= 4 is 33.4 Å². The van der Waals surface area contributed by atoms with Gasteiger partial charge >= 0.3 is 12.3 Å². The molecule has 1 aliphatic rings. The summed E-state index contributed by atoms with van der Waals surface area (Å²) in [7, 11) is -3.23. The Morgan fingerprint density at radius 3 is 2.51 bits per heavy atom. The van der Waals surface area contributed by atoms with Gasteiger partial charge in [0, 0.05) is 35.2 Å². The molecule has 5 rings (SSSR count). The van der Waals surface area contributed by atoms with E-state index < -0.39 is 44.3 Å². The highest BCUT2D eigenvalue weighted by Crippen LogP contribution is 2.43. The summed E-state index contributed by atoms with van der Waals surface area (Å²) in [6.45, 7) is 1.81. The zero-order chi connectivity index (χ0) is 32.5. The molecule has 45 heavy (non-hydrogen) atoms. The van der Waals surface area contributed by atoms with Gasteiger partial charge in [-0.15, -0.1) is 0 Å². The smallest absolute Gasteiger partial charge is 0.416 e. The predicted octanol–water partition coefficient (Wildman–Crippen LogP) is 6.70. The number of ether oxygens (including phenoxy) is 1. The van der Waals surface area contributed by atoms with Crippen LogP contribution >= 0.6 is 11.6 Å². The van der Waals surface area contributed by atoms with Gasteiger partial charge in [0.25, 0.3) is 10.0 Å². The second-order valence-corrected chi connectivity index (χ2v) is 12.6. The van der Waals surface area contributed by atoms with E-state index in [2.05, 4.69) is 34.7 Å². The summed E-state index contributed by atoms with van der Waals surface area (Å²) in [4.78, 5) is 27.8. The molecule has 3 N–H and O–H groups in total. The molecule has 1 saturated carbocycles. The van der Waals surface area contributed by atoms with Crippen LogP contribution in [0.4, 0.5) is 28.0 Å². The molecule has 1 aliphatic carbocycles. The van der Waals surface area contributed by atoms with Crippen molar-refractivity contribution in [3.8, 4) is 22.6 Å². The Labute approximate surface area is 260 Å². The number of aromatic nitrogens is 4. The molecule has 1 fully saturated rings. The minimum absolute atomic E-state index is 0.0195. The minimum atomic E-state index is -4.66. The molecule has 238 valence electrons. The Morgan fingerprint density at radius 2 is 1.87 bits per heavy atom. The molecule has 0 aliphatic heterocycles. The maximum atomic E-state index is 16.1. The first-order valence-corrected chi connectivity index (χ1v) is 15.6. The fourth-order valence-electron chi connectivity index (χ4n) is 4.52. The third-order valence-electron chi connectivity index (χ3n) is 7.03. The molecule has 1 atom stereocenters. The summed E-state index contributed by atoms with van der Waals surface area (Å²) in [6.07, 6.45) is -1.02. The van der Waals surface area contributed by atoms with Crippen molar-refractivity contribution in [1.82, 2.24) is 25.3 Å². The molecule has 2 aromatic carbocycles. The number of benzene rings is 2. The van der Waals surface area contributed by atoms with Gasteiger partial charge in [-0.05, 0) is 68.7 Å². The van der Waals surface area contributed by atoms with Gasteiger partial charge < -0.3 is 15.0 Å². The van der Waals surface area contributed by atoms with Gasteiger partial charge in [-0.2, -0.15) is 13.2 Å². The number of anilines is 1. The fraction of sp³-hybridized carbons (Fsp3) is 0.310. The number of aromatic amines is 1. The lowest BCUT2D eigenvalue weighted by Crippen LogP contribution is -2.32. The second-order valence-electron chi connectivity index (χ2n) is 10.5. The maximum absolute atomic E-state index is 16.1. The SMILES string of the molecule is COC(=O)N[C@@H](C)CCc1nccc(-c2[nH]c(C3CC3)nc2-c2cc(Cl)cc(NS(=O)(=O)c3ccc(C(F)(F)F)cc3)c2F)n1. The topological polar surface area (TPSA) is 139 Å². The average Bonchev–Trinajstić information content (AvgIpc) is 3.75. The van der Waals surface area contributed by atoms with Crippen molar-refractivity contribution in [2.45, 2.75) is 55.6 Å². The summed E-state index contributed by atoms with van der Waals surface area (Å²) < 4.78 is 87.7. The Kier molecular flexibility index (Phi) is 9.03. The molecule has 0 radical (unpaired) electrons. The number of carbonyl (C=O) groups is 1. The number of hydrogen-bond donors (Lipinski definition) is 3. The zero-order valence-corrected chi connectivity index (χ0v) is 25.4. The maximum Gasteiger partial charge on any atom is 0.416 e. The molecular weight excluding hydrogens is 640 g/mol. The highest BCUT2D eigenvalue weighted by Gasteiger charge is 2.32. The largest absolute Gasteiger partial charge is 0.453 e. The highest BCUT2D eigenvalue weighted by molar-refractivity contribution is 7.92. The van der Waals surface area contributed by atoms with Crippen LogP contribution in [0.2, 0.25) is 5.02 Å². The quantitative estimate of drug-likeness (QED) is 0.160. The monoisotopic (exact) mass is 666 g/mol. The number of imidazole rings is 1. The molecule has 0 spiro atoms. The summed E-state index contributed by atoms with van der Waals surface area (Å²) in [5.74, 6) is 0.185. The van der Waals surface area contributed by atoms with Crippen molar-refractivity contribution in [3.63, 3.8) is 0 Å². The standard InChI is InChI=1S/C29H27ClF4N6O4S/c1-15(36-28(41)44-2)3-10-23-35-12-11-21(37-23)26-25(38-27(39-26)16-4-5-16)20-13-18(30)14-22(24(20)31)40-45(42,43)19-8-6-17(7-9-19)29(32,33)34/h6-9,11-16,40H,3-5,10H2,1-2H3,(H,36,41)(H,38,39)/t15-/m0/s1. The van der Waals surface area contributed by atoms with Gasteiger partial charge in [-0.25, -0.2) is 32.6 Å². The first-order valence-electron chi connectivity index (χ1n) is 13.7. The van der Waals surface area contributed by atoms with Crippen LogP contribution < -0.4 is 10.0 Å². The number of carbonyl (C=O) groups excluding carboxylic acids is 1. The lowest BCUT2D eigenvalue weighted by Gasteiger charge is -2.14. The van der Waals surface area contributed by atoms with Crippen molar-refractivity contribution in [3.05, 3.63) is 76.7 Å². The molecule has 2 aromatic heterocycles. The van der Waals surface area contributed by atoms with Crippen LogP contribution in [0.5, 0.6) is 0 Å². The number of alkyl carbamates (subject to hydrolysis) is 1. The average molecular weight is 667 g/mol. The number of aryl methyl sites for hydroxylation is 1. The molecule has 4 aromatic rings. The molecule has 0 bridgehead atoms. The molecule has 16 heteroatoms. The number of sulfonamides is 1. The fourth-order valence-corrected chi connectivity index (χ4v) is 5.79. The Balaban J connectivity index is 1.47. The van der Waals surface area contributed by atoms with Crippen molar-refractivity contribution in [2.24, 2.45) is 0 Å². The van der Waals surface area contributed by atoms with Crippen LogP contribution in [-0.2, 0) is 27.4 Å². The van der Waals surface area contributed by atoms with Crippen molar-refractivity contribution in [2.75, 3.05) is 11.8 Å². The summed E-state index contributed by atoms with van der Waals surface area (Å²) in [5, 5.41) is 2.65. The van der Waals surface area contributed by atoms with Crippen LogP contribution in [0.15, 0.2) is 53.6 Å². The summed E-state index contributed by atoms with van der Waals surface area (Å²) in [6, 6.07) is 6.55. The van der Waals surface area contributed by atoms with E-state index in [0.29, 0.717) is 48.0 Å². The van der Waals surface area contributed by atoms with Gasteiger partial charge in [0.15, 0.2) is 5.82 Å². The van der Waals surface area contributed by atoms with E-state index in [1.54, 1.807) is 13.0 Å². The van der Waals surface area contributed by atoms with E-state index in [-0.39, 0.29) is 28.2 Å². The summed E-state index contributed by atoms with van der Waals surface area (Å²) >= 11 is 6.31. The number of hydrogen-bond acceptors (Lipinski definition) is 7. The number of nitrogens with zero attached hydrogens (tertiary/aromatic N) is 3. The van der Waals surface area contributed by atoms with E-state index in [0.717, 1.165) is 31.0 Å². The third-order valence-corrected chi connectivity index (χ3v) is 8.63. The zero-order valence-electron chi connectivity index (χ0n) is 23.9. The number of methoxy groups -OCH3 is 1. The highest BCUT2D eigenvalue weighted by atomic mass is 35.5. The van der Waals surface area contributed by atoms with Crippen LogP contribution in [0, 0.1) is 5.82 Å². The van der Waals surface area contributed by atoms with Gasteiger partial charge in [-0.1, -0.05) is 11.6 Å². The number of rotatable bonds is 10. The molecular formula is C29H27ClF4N6O4S. The lowest BCUT2D eigenvalue weighted by atomic mass is 10.1. The Morgan fingerprint density at radius 1 is 1.16 bits per heavy atom. The molecule has 0 unspecified atom stereocenters. The second kappa shape index (κ2) is 12.6. The van der Waals surface area contributed by atoms with Crippen LogP contribution in [0.1, 0.15) is 49.3 Å². The molecule has 2 heterocycles. The number of alkyl halides is 3.